The Kier molecular flexibility index (Phi) is 5.62. The van der Waals surface area contributed by atoms with Crippen molar-refractivity contribution in [1.82, 2.24) is 20.4 Å². The van der Waals surface area contributed by atoms with Crippen LogP contribution in [-0.2, 0) is 0 Å². The number of fused-ring (bicyclic) bond motifs is 3. The number of aromatic nitrogens is 2. The van der Waals surface area contributed by atoms with Gasteiger partial charge in [0, 0.05) is 28.1 Å². The third kappa shape index (κ3) is 4.22. The summed E-state index contributed by atoms with van der Waals surface area (Å²) < 4.78 is 37.5. The molecule has 2 bridgehead atoms. The van der Waals surface area contributed by atoms with Gasteiger partial charge in [-0.05, 0) is 49.1 Å². The molecular formula is C21H26ClF3N4O2. The summed E-state index contributed by atoms with van der Waals surface area (Å²) in [6, 6.07) is 2.60. The molecule has 0 aliphatic carbocycles. The summed E-state index contributed by atoms with van der Waals surface area (Å²) in [5.74, 6) is 0.0867. The van der Waals surface area contributed by atoms with Crippen LogP contribution in [-0.4, -0.2) is 51.0 Å². The number of benzene rings is 1. The molecular weight excluding hydrogens is 433 g/mol. The molecule has 1 aromatic heterocycles. The summed E-state index contributed by atoms with van der Waals surface area (Å²) in [6.07, 6.45) is -0.830. The number of hydrogen-bond donors (Lipinski definition) is 3. The number of nitrogens with zero attached hydrogens (tertiary/aromatic N) is 2. The molecule has 2 aliphatic rings. The SMILES string of the molecule is CC(C)(C(O)c1cc(Cl)cc2cn[nH]c12)[C@H]1C[C@H]2CC[C@@H](C1)N2C(=O)NCC(F)(F)F. The first-order valence-electron chi connectivity index (χ1n) is 10.4. The van der Waals surface area contributed by atoms with Crippen molar-refractivity contribution in [1.29, 1.82) is 0 Å². The zero-order valence-electron chi connectivity index (χ0n) is 17.3. The number of aliphatic hydroxyl groups is 1. The molecule has 1 unspecified atom stereocenters. The molecule has 3 heterocycles. The fraction of sp³-hybridized carbons (Fsp3) is 0.619. The summed E-state index contributed by atoms with van der Waals surface area (Å²) >= 11 is 6.25. The average molecular weight is 459 g/mol. The third-order valence-electron chi connectivity index (χ3n) is 7.00. The molecule has 6 nitrogen and oxygen atoms in total. The van der Waals surface area contributed by atoms with Crippen molar-refractivity contribution in [3.8, 4) is 0 Å². The van der Waals surface area contributed by atoms with Crippen LogP contribution in [0, 0.1) is 11.3 Å². The quantitative estimate of drug-likeness (QED) is 0.616. The van der Waals surface area contributed by atoms with E-state index in [1.165, 1.54) is 0 Å². The van der Waals surface area contributed by atoms with Crippen LogP contribution in [0.1, 0.15) is 51.2 Å². The summed E-state index contributed by atoms with van der Waals surface area (Å²) in [5, 5.41) is 21.7. The number of rotatable bonds is 4. The van der Waals surface area contributed by atoms with Crippen LogP contribution in [0.5, 0.6) is 0 Å². The van der Waals surface area contributed by atoms with Gasteiger partial charge in [-0.15, -0.1) is 0 Å². The van der Waals surface area contributed by atoms with Crippen molar-refractivity contribution in [3.63, 3.8) is 0 Å². The van der Waals surface area contributed by atoms with Crippen molar-refractivity contribution in [3.05, 3.63) is 28.9 Å². The number of hydrogen-bond acceptors (Lipinski definition) is 3. The number of aromatic amines is 1. The largest absolute Gasteiger partial charge is 0.405 e. The van der Waals surface area contributed by atoms with Gasteiger partial charge in [-0.2, -0.15) is 18.3 Å². The Morgan fingerprint density at radius 1 is 1.32 bits per heavy atom. The Morgan fingerprint density at radius 2 is 1.97 bits per heavy atom. The number of alkyl halides is 3. The molecule has 3 N–H and O–H groups in total. The maximum Gasteiger partial charge on any atom is 0.405 e. The Hall–Kier alpha value is -2.00. The molecule has 31 heavy (non-hydrogen) atoms. The Morgan fingerprint density at radius 3 is 2.58 bits per heavy atom. The highest BCUT2D eigenvalue weighted by Crippen LogP contribution is 2.51. The van der Waals surface area contributed by atoms with E-state index < -0.39 is 30.3 Å². The molecule has 10 heteroatoms. The number of aliphatic hydroxyl groups excluding tert-OH is 1. The number of halogens is 4. The van der Waals surface area contributed by atoms with E-state index in [1.807, 2.05) is 19.2 Å². The number of carbonyl (C=O) groups is 1. The lowest BCUT2D eigenvalue weighted by Crippen LogP contribution is -2.54. The summed E-state index contributed by atoms with van der Waals surface area (Å²) in [7, 11) is 0. The van der Waals surface area contributed by atoms with Crippen LogP contribution in [0.4, 0.5) is 18.0 Å². The summed E-state index contributed by atoms with van der Waals surface area (Å²) in [4.78, 5) is 14.0. The molecule has 4 atom stereocenters. The number of carbonyl (C=O) groups excluding carboxylic acids is 1. The van der Waals surface area contributed by atoms with Gasteiger partial charge in [-0.1, -0.05) is 25.4 Å². The number of piperidine rings is 1. The molecule has 1 aromatic carbocycles. The lowest BCUT2D eigenvalue weighted by molar-refractivity contribution is -0.123. The Balaban J connectivity index is 1.52. The van der Waals surface area contributed by atoms with Crippen LogP contribution in [0.3, 0.4) is 0 Å². The normalized spacial score (nSPS) is 25.1. The minimum atomic E-state index is -4.44. The van der Waals surface area contributed by atoms with Crippen LogP contribution < -0.4 is 5.32 Å². The molecule has 4 rings (SSSR count). The van der Waals surface area contributed by atoms with E-state index in [0.29, 0.717) is 23.4 Å². The topological polar surface area (TPSA) is 81.2 Å². The minimum Gasteiger partial charge on any atom is -0.388 e. The highest BCUT2D eigenvalue weighted by molar-refractivity contribution is 6.31. The second-order valence-corrected chi connectivity index (χ2v) is 9.72. The number of H-pyrrole nitrogens is 1. The van der Waals surface area contributed by atoms with Crippen LogP contribution >= 0.6 is 11.6 Å². The second-order valence-electron chi connectivity index (χ2n) is 9.29. The molecule has 2 saturated heterocycles. The lowest BCUT2D eigenvalue weighted by atomic mass is 9.67. The van der Waals surface area contributed by atoms with Gasteiger partial charge in [-0.25, -0.2) is 4.79 Å². The van der Waals surface area contributed by atoms with Gasteiger partial charge in [-0.3, -0.25) is 5.10 Å². The molecule has 2 amide bonds. The summed E-state index contributed by atoms with van der Waals surface area (Å²) in [5.41, 5.74) is 0.859. The Labute approximate surface area is 183 Å². The zero-order valence-corrected chi connectivity index (χ0v) is 18.1. The smallest absolute Gasteiger partial charge is 0.388 e. The first-order chi connectivity index (χ1) is 14.5. The van der Waals surface area contributed by atoms with E-state index >= 15 is 0 Å². The Bertz CT molecular complexity index is 963. The number of urea groups is 1. The van der Waals surface area contributed by atoms with Crippen molar-refractivity contribution >= 4 is 28.5 Å². The highest BCUT2D eigenvalue weighted by atomic mass is 35.5. The standard InChI is InChI=1S/C21H26ClF3N4O2/c1-20(2,18(30)16-8-13(22)5-11-9-27-28-17(11)16)12-6-14-3-4-15(7-12)29(14)19(31)26-10-21(23,24)25/h5,8-9,12,14-15,18,30H,3-4,6-7,10H2,1-2H3,(H,26,31)(H,27,28)/t12-,14+,15-,18?. The first-order valence-corrected chi connectivity index (χ1v) is 10.8. The lowest BCUT2D eigenvalue weighted by Gasteiger charge is -2.46. The van der Waals surface area contributed by atoms with E-state index in [2.05, 4.69) is 10.2 Å². The molecule has 0 radical (unpaired) electrons. The summed E-state index contributed by atoms with van der Waals surface area (Å²) in [6.45, 7) is 2.65. The second kappa shape index (κ2) is 7.85. The van der Waals surface area contributed by atoms with E-state index in [9.17, 15) is 23.1 Å². The first kappa shape index (κ1) is 22.2. The van der Waals surface area contributed by atoms with Gasteiger partial charge in [0.2, 0.25) is 0 Å². The van der Waals surface area contributed by atoms with E-state index in [-0.39, 0.29) is 18.0 Å². The van der Waals surface area contributed by atoms with Gasteiger partial charge in [0.25, 0.3) is 0 Å². The van der Waals surface area contributed by atoms with Crippen molar-refractivity contribution in [2.45, 2.75) is 63.9 Å². The monoisotopic (exact) mass is 458 g/mol. The molecule has 170 valence electrons. The van der Waals surface area contributed by atoms with Crippen LogP contribution in [0.25, 0.3) is 10.9 Å². The van der Waals surface area contributed by atoms with Gasteiger partial charge in [0.05, 0.1) is 17.8 Å². The van der Waals surface area contributed by atoms with Gasteiger partial charge >= 0.3 is 12.2 Å². The van der Waals surface area contributed by atoms with E-state index in [4.69, 9.17) is 11.6 Å². The predicted molar refractivity (Wildman–Crippen MR) is 111 cm³/mol. The molecule has 0 saturated carbocycles. The fourth-order valence-corrected chi connectivity index (χ4v) is 5.51. The predicted octanol–water partition coefficient (Wildman–Crippen LogP) is 4.79. The van der Waals surface area contributed by atoms with Crippen LogP contribution in [0.15, 0.2) is 18.3 Å². The molecule has 2 fully saturated rings. The maximum atomic E-state index is 12.5. The average Bonchev–Trinajstić information content (AvgIpc) is 3.25. The van der Waals surface area contributed by atoms with Gasteiger partial charge in [0.15, 0.2) is 0 Å². The molecule has 0 spiro atoms. The van der Waals surface area contributed by atoms with Gasteiger partial charge in [0.1, 0.15) is 6.54 Å². The van der Waals surface area contributed by atoms with Crippen molar-refractivity contribution in [2.75, 3.05) is 6.54 Å². The zero-order chi connectivity index (χ0) is 22.6. The fourth-order valence-electron chi connectivity index (χ4n) is 5.27. The third-order valence-corrected chi connectivity index (χ3v) is 7.22. The van der Waals surface area contributed by atoms with E-state index in [1.54, 1.807) is 23.2 Å². The molecule has 2 aliphatic heterocycles. The number of nitrogens with one attached hydrogen (secondary N) is 2. The maximum absolute atomic E-state index is 12.5. The van der Waals surface area contributed by atoms with E-state index in [0.717, 1.165) is 23.7 Å². The van der Waals surface area contributed by atoms with Crippen molar-refractivity contribution in [2.24, 2.45) is 11.3 Å². The molecule has 2 aromatic rings. The highest BCUT2D eigenvalue weighted by Gasteiger charge is 2.49. The van der Waals surface area contributed by atoms with Crippen LogP contribution in [0.2, 0.25) is 5.02 Å². The number of amides is 2. The van der Waals surface area contributed by atoms with Gasteiger partial charge < -0.3 is 15.3 Å². The van der Waals surface area contributed by atoms with Crippen molar-refractivity contribution < 1.29 is 23.1 Å². The minimum absolute atomic E-state index is 0.0867.